The molecule has 0 aliphatic rings. The molecule has 0 spiro atoms. The highest BCUT2D eigenvalue weighted by Gasteiger charge is 2.09. The van der Waals surface area contributed by atoms with Crippen molar-refractivity contribution in [2.45, 2.75) is 20.0 Å². The predicted molar refractivity (Wildman–Crippen MR) is 88.4 cm³/mol. The first kappa shape index (κ1) is 15.3. The molecule has 1 N–H and O–H groups in total. The molecule has 0 saturated heterocycles. The summed E-state index contributed by atoms with van der Waals surface area (Å²) in [7, 11) is 0. The molecule has 7 heteroatoms. The summed E-state index contributed by atoms with van der Waals surface area (Å²) in [6.07, 6.45) is 5.20. The van der Waals surface area contributed by atoms with Gasteiger partial charge in [-0.1, -0.05) is 23.7 Å². The number of hydrogen-bond donors (Lipinski definition) is 1. The van der Waals surface area contributed by atoms with Crippen molar-refractivity contribution in [3.05, 3.63) is 65.1 Å². The van der Waals surface area contributed by atoms with Crippen molar-refractivity contribution in [2.75, 3.05) is 5.32 Å². The molecule has 0 radical (unpaired) electrons. The molecule has 3 aromatic rings. The van der Waals surface area contributed by atoms with Gasteiger partial charge in [0.1, 0.15) is 12.4 Å². The SMILES string of the molecule is Cc1cnn(CC(=O)Nc2ccnn2Cc2ccc(Cl)cc2)c1. The van der Waals surface area contributed by atoms with Gasteiger partial charge in [-0.15, -0.1) is 0 Å². The summed E-state index contributed by atoms with van der Waals surface area (Å²) in [6.45, 7) is 2.66. The van der Waals surface area contributed by atoms with E-state index >= 15 is 0 Å². The maximum absolute atomic E-state index is 12.1. The predicted octanol–water partition coefficient (Wildman–Crippen LogP) is 2.73. The molecule has 2 heterocycles. The van der Waals surface area contributed by atoms with E-state index in [1.165, 1.54) is 0 Å². The van der Waals surface area contributed by atoms with Gasteiger partial charge in [-0.25, -0.2) is 4.68 Å². The number of carbonyl (C=O) groups excluding carboxylic acids is 1. The standard InChI is InChI=1S/C16H16ClN5O/c1-12-8-19-21(9-12)11-16(23)20-15-6-7-18-22(15)10-13-2-4-14(17)5-3-13/h2-9H,10-11H2,1H3,(H,20,23). The van der Waals surface area contributed by atoms with Crippen LogP contribution in [0.15, 0.2) is 48.9 Å². The van der Waals surface area contributed by atoms with Crippen LogP contribution in [0.4, 0.5) is 5.82 Å². The van der Waals surface area contributed by atoms with Gasteiger partial charge < -0.3 is 5.32 Å². The summed E-state index contributed by atoms with van der Waals surface area (Å²) in [4.78, 5) is 12.1. The quantitative estimate of drug-likeness (QED) is 0.782. The van der Waals surface area contributed by atoms with Crippen LogP contribution in [0.25, 0.3) is 0 Å². The number of amides is 1. The van der Waals surface area contributed by atoms with Gasteiger partial charge in [0.2, 0.25) is 5.91 Å². The van der Waals surface area contributed by atoms with Gasteiger partial charge in [0, 0.05) is 17.3 Å². The first-order chi connectivity index (χ1) is 11.1. The Kier molecular flexibility index (Phi) is 4.43. The molecule has 0 atom stereocenters. The first-order valence-corrected chi connectivity index (χ1v) is 7.53. The molecule has 0 bridgehead atoms. The van der Waals surface area contributed by atoms with Crippen molar-refractivity contribution >= 4 is 23.3 Å². The van der Waals surface area contributed by atoms with E-state index in [4.69, 9.17) is 11.6 Å². The highest BCUT2D eigenvalue weighted by Crippen LogP contribution is 2.13. The third kappa shape index (κ3) is 3.98. The highest BCUT2D eigenvalue weighted by molar-refractivity contribution is 6.30. The summed E-state index contributed by atoms with van der Waals surface area (Å²) >= 11 is 5.88. The Morgan fingerprint density at radius 3 is 2.70 bits per heavy atom. The van der Waals surface area contributed by atoms with Crippen LogP contribution in [0.3, 0.4) is 0 Å². The molecule has 2 aromatic heterocycles. The summed E-state index contributed by atoms with van der Waals surface area (Å²) in [5, 5.41) is 11.9. The van der Waals surface area contributed by atoms with Crippen molar-refractivity contribution in [2.24, 2.45) is 0 Å². The lowest BCUT2D eigenvalue weighted by atomic mass is 10.2. The summed E-state index contributed by atoms with van der Waals surface area (Å²) in [5.41, 5.74) is 2.07. The first-order valence-electron chi connectivity index (χ1n) is 7.15. The lowest BCUT2D eigenvalue weighted by Crippen LogP contribution is -2.21. The van der Waals surface area contributed by atoms with Crippen LogP contribution in [-0.4, -0.2) is 25.5 Å². The maximum atomic E-state index is 12.1. The van der Waals surface area contributed by atoms with Gasteiger partial charge in [-0.3, -0.25) is 9.48 Å². The van der Waals surface area contributed by atoms with Gasteiger partial charge in [-0.2, -0.15) is 10.2 Å². The number of nitrogens with zero attached hydrogens (tertiary/aromatic N) is 4. The number of halogens is 1. The molecule has 0 aliphatic carbocycles. The smallest absolute Gasteiger partial charge is 0.247 e. The number of anilines is 1. The summed E-state index contributed by atoms with van der Waals surface area (Å²) in [5.74, 6) is 0.500. The van der Waals surface area contributed by atoms with Crippen LogP contribution in [0, 0.1) is 6.92 Å². The second-order valence-electron chi connectivity index (χ2n) is 5.26. The lowest BCUT2D eigenvalue weighted by Gasteiger charge is -2.09. The fourth-order valence-corrected chi connectivity index (χ4v) is 2.34. The van der Waals surface area contributed by atoms with E-state index in [0.717, 1.165) is 11.1 Å². The maximum Gasteiger partial charge on any atom is 0.247 e. The third-order valence-corrected chi connectivity index (χ3v) is 3.55. The molecule has 0 saturated carbocycles. The minimum Gasteiger partial charge on any atom is -0.309 e. The van der Waals surface area contributed by atoms with Gasteiger partial charge >= 0.3 is 0 Å². The van der Waals surface area contributed by atoms with Crippen molar-refractivity contribution < 1.29 is 4.79 Å². The number of benzene rings is 1. The van der Waals surface area contributed by atoms with E-state index in [2.05, 4.69) is 15.5 Å². The summed E-state index contributed by atoms with van der Waals surface area (Å²) in [6, 6.07) is 9.30. The summed E-state index contributed by atoms with van der Waals surface area (Å²) < 4.78 is 3.33. The number of hydrogen-bond acceptors (Lipinski definition) is 3. The van der Waals surface area contributed by atoms with Gasteiger partial charge in [0.05, 0.1) is 18.9 Å². The highest BCUT2D eigenvalue weighted by atomic mass is 35.5. The van der Waals surface area contributed by atoms with Crippen LogP contribution < -0.4 is 5.32 Å². The average Bonchev–Trinajstić information content (AvgIpc) is 3.11. The average molecular weight is 330 g/mol. The van der Waals surface area contributed by atoms with Gasteiger partial charge in [0.15, 0.2) is 0 Å². The van der Waals surface area contributed by atoms with E-state index in [1.807, 2.05) is 37.4 Å². The van der Waals surface area contributed by atoms with Crippen molar-refractivity contribution in [3.63, 3.8) is 0 Å². The fourth-order valence-electron chi connectivity index (χ4n) is 2.21. The molecule has 0 fully saturated rings. The van der Waals surface area contributed by atoms with Gasteiger partial charge in [0.25, 0.3) is 0 Å². The van der Waals surface area contributed by atoms with E-state index in [9.17, 15) is 4.79 Å². The van der Waals surface area contributed by atoms with Crippen LogP contribution in [0.1, 0.15) is 11.1 Å². The Hall–Kier alpha value is -2.60. The van der Waals surface area contributed by atoms with Crippen LogP contribution in [-0.2, 0) is 17.9 Å². The second kappa shape index (κ2) is 6.66. The molecule has 3 rings (SSSR count). The minimum absolute atomic E-state index is 0.147. The van der Waals surface area contributed by atoms with Crippen LogP contribution in [0.2, 0.25) is 5.02 Å². The fraction of sp³-hybridized carbons (Fsp3) is 0.188. The molecule has 0 aliphatic heterocycles. The molecule has 118 valence electrons. The molecule has 6 nitrogen and oxygen atoms in total. The van der Waals surface area contributed by atoms with Crippen molar-refractivity contribution in [1.82, 2.24) is 19.6 Å². The van der Waals surface area contributed by atoms with Crippen molar-refractivity contribution in [1.29, 1.82) is 0 Å². The number of nitrogens with one attached hydrogen (secondary N) is 1. The van der Waals surface area contributed by atoms with E-state index in [-0.39, 0.29) is 12.5 Å². The number of carbonyl (C=O) groups is 1. The number of aryl methyl sites for hydroxylation is 1. The van der Waals surface area contributed by atoms with Crippen LogP contribution in [0.5, 0.6) is 0 Å². The largest absolute Gasteiger partial charge is 0.309 e. The molecule has 23 heavy (non-hydrogen) atoms. The zero-order valence-corrected chi connectivity index (χ0v) is 13.4. The minimum atomic E-state index is -0.147. The molecular weight excluding hydrogens is 314 g/mol. The number of aromatic nitrogens is 4. The molecular formula is C16H16ClN5O. The van der Waals surface area contributed by atoms with E-state index in [0.29, 0.717) is 17.4 Å². The van der Waals surface area contributed by atoms with E-state index in [1.54, 1.807) is 27.8 Å². The van der Waals surface area contributed by atoms with Gasteiger partial charge in [-0.05, 0) is 30.2 Å². The topological polar surface area (TPSA) is 64.7 Å². The van der Waals surface area contributed by atoms with Crippen molar-refractivity contribution in [3.8, 4) is 0 Å². The second-order valence-corrected chi connectivity index (χ2v) is 5.70. The normalized spacial score (nSPS) is 10.7. The Bertz CT molecular complexity index is 806. The van der Waals surface area contributed by atoms with E-state index < -0.39 is 0 Å². The monoisotopic (exact) mass is 329 g/mol. The lowest BCUT2D eigenvalue weighted by molar-refractivity contribution is -0.116. The Morgan fingerprint density at radius 2 is 2.00 bits per heavy atom. The molecule has 0 unspecified atom stereocenters. The zero-order valence-electron chi connectivity index (χ0n) is 12.6. The number of rotatable bonds is 5. The third-order valence-electron chi connectivity index (χ3n) is 3.30. The Morgan fingerprint density at radius 1 is 1.22 bits per heavy atom. The Labute approximate surface area is 138 Å². The Balaban J connectivity index is 1.66. The molecule has 1 amide bonds. The molecule has 1 aromatic carbocycles. The zero-order chi connectivity index (χ0) is 16.2. The van der Waals surface area contributed by atoms with Crippen LogP contribution >= 0.6 is 11.6 Å².